The zero-order chi connectivity index (χ0) is 16.6. The van der Waals surface area contributed by atoms with Gasteiger partial charge in [-0.1, -0.05) is 52.1 Å². The van der Waals surface area contributed by atoms with Crippen LogP contribution in [-0.4, -0.2) is 29.2 Å². The summed E-state index contributed by atoms with van der Waals surface area (Å²) in [6.07, 6.45) is 4.90. The monoisotopic (exact) mass is 437 g/mol. The SMILES string of the molecule is CCCCCC(C)NC(=NC)NCc1noc(C(C)(C)C)n1.I. The smallest absolute Gasteiger partial charge is 0.232 e. The molecule has 0 aliphatic heterocycles. The maximum atomic E-state index is 5.28. The van der Waals surface area contributed by atoms with Crippen LogP contribution in [0.1, 0.15) is 72.0 Å². The van der Waals surface area contributed by atoms with E-state index in [0.717, 1.165) is 12.4 Å². The number of halogens is 1. The van der Waals surface area contributed by atoms with E-state index in [0.29, 0.717) is 24.3 Å². The third kappa shape index (κ3) is 8.53. The molecule has 0 bridgehead atoms. The van der Waals surface area contributed by atoms with E-state index in [-0.39, 0.29) is 29.4 Å². The Balaban J connectivity index is 0.00000484. The Hall–Kier alpha value is -0.860. The minimum absolute atomic E-state index is 0. The zero-order valence-electron chi connectivity index (χ0n) is 15.3. The lowest BCUT2D eigenvalue weighted by Gasteiger charge is -2.17. The van der Waals surface area contributed by atoms with Crippen molar-refractivity contribution in [2.75, 3.05) is 7.05 Å². The van der Waals surface area contributed by atoms with Gasteiger partial charge in [-0.05, 0) is 13.3 Å². The molecule has 1 rings (SSSR count). The van der Waals surface area contributed by atoms with Gasteiger partial charge in [0.05, 0.1) is 6.54 Å². The topological polar surface area (TPSA) is 75.3 Å². The number of aliphatic imine (C=N–C) groups is 1. The van der Waals surface area contributed by atoms with Crippen molar-refractivity contribution in [1.29, 1.82) is 0 Å². The normalized spacial score (nSPS) is 13.4. The quantitative estimate of drug-likeness (QED) is 0.295. The second-order valence-electron chi connectivity index (χ2n) is 6.73. The van der Waals surface area contributed by atoms with E-state index in [2.05, 4.69) is 60.4 Å². The lowest BCUT2D eigenvalue weighted by atomic mass is 9.97. The lowest BCUT2D eigenvalue weighted by molar-refractivity contribution is 0.318. The lowest BCUT2D eigenvalue weighted by Crippen LogP contribution is -2.42. The fraction of sp³-hybridized carbons (Fsp3) is 0.812. The molecule has 7 heteroatoms. The number of nitrogens with one attached hydrogen (secondary N) is 2. The largest absolute Gasteiger partial charge is 0.354 e. The summed E-state index contributed by atoms with van der Waals surface area (Å²) in [5, 5.41) is 10.6. The molecular formula is C16H32IN5O. The van der Waals surface area contributed by atoms with Crippen LogP contribution in [0.3, 0.4) is 0 Å². The van der Waals surface area contributed by atoms with Gasteiger partial charge in [0.1, 0.15) is 0 Å². The molecule has 0 radical (unpaired) electrons. The fourth-order valence-electron chi connectivity index (χ4n) is 1.99. The van der Waals surface area contributed by atoms with E-state index in [4.69, 9.17) is 4.52 Å². The predicted octanol–water partition coefficient (Wildman–Crippen LogP) is 3.62. The van der Waals surface area contributed by atoms with Gasteiger partial charge in [-0.25, -0.2) is 0 Å². The number of hydrogen-bond donors (Lipinski definition) is 2. The Kier molecular flexibility index (Phi) is 10.4. The molecule has 134 valence electrons. The molecule has 1 atom stereocenters. The maximum absolute atomic E-state index is 5.28. The number of guanidine groups is 1. The first kappa shape index (κ1) is 22.1. The van der Waals surface area contributed by atoms with Crippen molar-refractivity contribution in [3.8, 4) is 0 Å². The second kappa shape index (κ2) is 10.8. The van der Waals surface area contributed by atoms with Crippen LogP contribution in [0.2, 0.25) is 0 Å². The molecule has 1 unspecified atom stereocenters. The molecule has 2 N–H and O–H groups in total. The van der Waals surface area contributed by atoms with E-state index < -0.39 is 0 Å². The molecule has 23 heavy (non-hydrogen) atoms. The van der Waals surface area contributed by atoms with E-state index in [9.17, 15) is 0 Å². The van der Waals surface area contributed by atoms with Crippen LogP contribution < -0.4 is 10.6 Å². The summed E-state index contributed by atoms with van der Waals surface area (Å²) < 4.78 is 5.28. The van der Waals surface area contributed by atoms with E-state index in [1.165, 1.54) is 19.3 Å². The van der Waals surface area contributed by atoms with Crippen LogP contribution in [0.4, 0.5) is 0 Å². The van der Waals surface area contributed by atoms with Crippen LogP contribution in [0.15, 0.2) is 9.52 Å². The highest BCUT2D eigenvalue weighted by atomic mass is 127. The number of aromatic nitrogens is 2. The van der Waals surface area contributed by atoms with Crippen LogP contribution >= 0.6 is 24.0 Å². The summed E-state index contributed by atoms with van der Waals surface area (Å²) in [5.41, 5.74) is -0.126. The zero-order valence-corrected chi connectivity index (χ0v) is 17.6. The van der Waals surface area contributed by atoms with Crippen LogP contribution in [0.25, 0.3) is 0 Å². The average Bonchev–Trinajstić information content (AvgIpc) is 2.92. The van der Waals surface area contributed by atoms with Gasteiger partial charge >= 0.3 is 0 Å². The highest BCUT2D eigenvalue weighted by Gasteiger charge is 2.21. The molecule has 1 aromatic heterocycles. The number of nitrogens with zero attached hydrogens (tertiary/aromatic N) is 3. The van der Waals surface area contributed by atoms with E-state index in [1.54, 1.807) is 7.05 Å². The van der Waals surface area contributed by atoms with Gasteiger partial charge in [0.25, 0.3) is 0 Å². The van der Waals surface area contributed by atoms with Crippen molar-refractivity contribution in [2.24, 2.45) is 4.99 Å². The summed E-state index contributed by atoms with van der Waals surface area (Å²) in [4.78, 5) is 8.64. The third-order valence-corrected chi connectivity index (χ3v) is 3.37. The number of unbranched alkanes of at least 4 members (excludes halogenated alkanes) is 2. The fourth-order valence-corrected chi connectivity index (χ4v) is 1.99. The minimum Gasteiger partial charge on any atom is -0.354 e. The highest BCUT2D eigenvalue weighted by molar-refractivity contribution is 14.0. The third-order valence-electron chi connectivity index (χ3n) is 3.37. The van der Waals surface area contributed by atoms with Crippen molar-refractivity contribution >= 4 is 29.9 Å². The summed E-state index contributed by atoms with van der Waals surface area (Å²) >= 11 is 0. The number of hydrogen-bond acceptors (Lipinski definition) is 4. The van der Waals surface area contributed by atoms with Crippen molar-refractivity contribution in [3.63, 3.8) is 0 Å². The Morgan fingerprint density at radius 1 is 1.30 bits per heavy atom. The molecular weight excluding hydrogens is 405 g/mol. The maximum Gasteiger partial charge on any atom is 0.232 e. The first-order valence-corrected chi connectivity index (χ1v) is 8.17. The van der Waals surface area contributed by atoms with Gasteiger partial charge in [-0.2, -0.15) is 4.98 Å². The van der Waals surface area contributed by atoms with Gasteiger partial charge in [-0.15, -0.1) is 24.0 Å². The minimum atomic E-state index is -0.126. The van der Waals surface area contributed by atoms with Gasteiger partial charge in [0.2, 0.25) is 5.89 Å². The summed E-state index contributed by atoms with van der Waals surface area (Å²) in [7, 11) is 1.77. The highest BCUT2D eigenvalue weighted by Crippen LogP contribution is 2.19. The van der Waals surface area contributed by atoms with E-state index in [1.807, 2.05) is 0 Å². The molecule has 1 aromatic rings. The summed E-state index contributed by atoms with van der Waals surface area (Å²) in [6.45, 7) is 11.0. The Bertz CT molecular complexity index is 467. The van der Waals surface area contributed by atoms with Crippen molar-refractivity contribution < 1.29 is 4.52 Å². The summed E-state index contributed by atoms with van der Waals surface area (Å²) in [5.74, 6) is 2.07. The van der Waals surface area contributed by atoms with E-state index >= 15 is 0 Å². The summed E-state index contributed by atoms with van der Waals surface area (Å²) in [6, 6.07) is 0.396. The molecule has 0 aliphatic rings. The van der Waals surface area contributed by atoms with Crippen molar-refractivity contribution in [2.45, 2.75) is 78.3 Å². The van der Waals surface area contributed by atoms with Crippen LogP contribution in [0, 0.1) is 0 Å². The Labute approximate surface area is 157 Å². The Morgan fingerprint density at radius 3 is 2.52 bits per heavy atom. The van der Waals surface area contributed by atoms with Crippen LogP contribution in [-0.2, 0) is 12.0 Å². The van der Waals surface area contributed by atoms with Crippen LogP contribution in [0.5, 0.6) is 0 Å². The van der Waals surface area contributed by atoms with Gasteiger partial charge in [0, 0.05) is 18.5 Å². The molecule has 0 aliphatic carbocycles. The van der Waals surface area contributed by atoms with Gasteiger partial charge in [-0.3, -0.25) is 4.99 Å². The predicted molar refractivity (Wildman–Crippen MR) is 105 cm³/mol. The molecule has 0 saturated heterocycles. The molecule has 0 aromatic carbocycles. The first-order chi connectivity index (χ1) is 10.4. The van der Waals surface area contributed by atoms with Gasteiger partial charge < -0.3 is 15.2 Å². The average molecular weight is 437 g/mol. The molecule has 0 saturated carbocycles. The van der Waals surface area contributed by atoms with Crippen molar-refractivity contribution in [1.82, 2.24) is 20.8 Å². The van der Waals surface area contributed by atoms with Crippen molar-refractivity contribution in [3.05, 3.63) is 11.7 Å². The molecule has 0 amide bonds. The standard InChI is InChI=1S/C16H31N5O.HI/c1-7-8-9-10-12(2)19-15(17-6)18-11-13-20-14(22-21-13)16(3,4)5;/h12H,7-11H2,1-6H3,(H2,17,18,19);1H. The molecule has 6 nitrogen and oxygen atoms in total. The Morgan fingerprint density at radius 2 is 2.00 bits per heavy atom. The first-order valence-electron chi connectivity index (χ1n) is 8.17. The number of rotatable bonds is 7. The molecule has 0 fully saturated rings. The second-order valence-corrected chi connectivity index (χ2v) is 6.73. The molecule has 0 spiro atoms. The molecule has 1 heterocycles. The van der Waals surface area contributed by atoms with Gasteiger partial charge in [0.15, 0.2) is 11.8 Å².